The van der Waals surface area contributed by atoms with Crippen molar-refractivity contribution in [2.24, 2.45) is 4.99 Å². The van der Waals surface area contributed by atoms with Crippen molar-refractivity contribution in [1.29, 1.82) is 0 Å². The number of aryl methyl sites for hydroxylation is 2. The predicted octanol–water partition coefficient (Wildman–Crippen LogP) is 1.74. The third-order valence-corrected chi connectivity index (χ3v) is 5.27. The molecule has 3 aromatic rings. The number of nitrogens with zero attached hydrogens (tertiary/aromatic N) is 7. The van der Waals surface area contributed by atoms with Gasteiger partial charge in [0.2, 0.25) is 0 Å². The fourth-order valence-electron chi connectivity index (χ4n) is 3.75. The van der Waals surface area contributed by atoms with Gasteiger partial charge in [0, 0.05) is 64.5 Å². The number of piperazine rings is 1. The predicted molar refractivity (Wildman–Crippen MR) is 115 cm³/mol. The second-order valence-corrected chi connectivity index (χ2v) is 7.58. The summed E-state index contributed by atoms with van der Waals surface area (Å²) in [7, 11) is 0. The van der Waals surface area contributed by atoms with Gasteiger partial charge in [-0.1, -0.05) is 11.2 Å². The first-order valence-electron chi connectivity index (χ1n) is 10.7. The van der Waals surface area contributed by atoms with Crippen molar-refractivity contribution in [1.82, 2.24) is 34.9 Å². The molecular weight excluding hydrogens is 380 g/mol. The molecule has 1 aliphatic heterocycles. The van der Waals surface area contributed by atoms with Gasteiger partial charge in [-0.2, -0.15) is 0 Å². The standard InChI is InChI=1S/C21H30N8O/c1-3-22-21(23-9-6-8-20-25-24-19-7-4-5-10-29(19)20)28-13-11-27(12-14-28)16-18-15-17(2)30-26-18/h4-5,7,10,15H,3,6,8-9,11-14,16H2,1-2H3,(H,22,23). The summed E-state index contributed by atoms with van der Waals surface area (Å²) in [4.78, 5) is 9.62. The molecule has 160 valence electrons. The molecule has 0 amide bonds. The number of aliphatic imine (C=N–C) groups is 1. The van der Waals surface area contributed by atoms with Gasteiger partial charge in [-0.15, -0.1) is 10.2 Å². The SMILES string of the molecule is CCNC(=NCCCc1nnc2ccccn12)N1CCN(Cc2cc(C)on2)CC1. The Kier molecular flexibility index (Phi) is 6.58. The van der Waals surface area contributed by atoms with E-state index in [-0.39, 0.29) is 0 Å². The van der Waals surface area contributed by atoms with E-state index < -0.39 is 0 Å². The number of hydrogen-bond donors (Lipinski definition) is 1. The second-order valence-electron chi connectivity index (χ2n) is 7.58. The second kappa shape index (κ2) is 9.71. The van der Waals surface area contributed by atoms with Crippen molar-refractivity contribution < 1.29 is 4.52 Å². The lowest BCUT2D eigenvalue weighted by Gasteiger charge is -2.36. The molecule has 1 aliphatic rings. The molecule has 0 radical (unpaired) electrons. The van der Waals surface area contributed by atoms with E-state index in [4.69, 9.17) is 9.52 Å². The zero-order chi connectivity index (χ0) is 20.8. The van der Waals surface area contributed by atoms with E-state index in [0.29, 0.717) is 0 Å². The highest BCUT2D eigenvalue weighted by atomic mass is 16.5. The van der Waals surface area contributed by atoms with Crippen molar-refractivity contribution in [3.05, 3.63) is 47.7 Å². The third kappa shape index (κ3) is 4.96. The van der Waals surface area contributed by atoms with Crippen LogP contribution in [0.25, 0.3) is 5.65 Å². The van der Waals surface area contributed by atoms with Crippen molar-refractivity contribution >= 4 is 11.6 Å². The average molecular weight is 411 g/mol. The van der Waals surface area contributed by atoms with Gasteiger partial charge >= 0.3 is 0 Å². The van der Waals surface area contributed by atoms with Crippen molar-refractivity contribution in [2.45, 2.75) is 33.2 Å². The molecule has 0 bridgehead atoms. The largest absolute Gasteiger partial charge is 0.361 e. The van der Waals surface area contributed by atoms with Crippen LogP contribution in [0.2, 0.25) is 0 Å². The van der Waals surface area contributed by atoms with Gasteiger partial charge < -0.3 is 14.7 Å². The van der Waals surface area contributed by atoms with E-state index >= 15 is 0 Å². The van der Waals surface area contributed by atoms with Crippen LogP contribution in [-0.2, 0) is 13.0 Å². The molecule has 3 aromatic heterocycles. The van der Waals surface area contributed by atoms with Crippen LogP contribution >= 0.6 is 0 Å². The summed E-state index contributed by atoms with van der Waals surface area (Å²) >= 11 is 0. The normalized spacial score (nSPS) is 15.8. The van der Waals surface area contributed by atoms with E-state index in [1.54, 1.807) is 0 Å². The molecule has 0 saturated carbocycles. The van der Waals surface area contributed by atoms with E-state index in [1.807, 2.05) is 41.8 Å². The minimum Gasteiger partial charge on any atom is -0.361 e. The van der Waals surface area contributed by atoms with Gasteiger partial charge in [0.1, 0.15) is 11.6 Å². The number of hydrogen-bond acceptors (Lipinski definition) is 6. The van der Waals surface area contributed by atoms with Gasteiger partial charge in [0.25, 0.3) is 0 Å². The minimum atomic E-state index is 0.766. The maximum atomic E-state index is 5.18. The Hall–Kier alpha value is -2.94. The number of aromatic nitrogens is 4. The van der Waals surface area contributed by atoms with E-state index in [2.05, 4.69) is 37.4 Å². The molecular formula is C21H30N8O. The Morgan fingerprint density at radius 1 is 1.20 bits per heavy atom. The monoisotopic (exact) mass is 410 g/mol. The number of nitrogens with one attached hydrogen (secondary N) is 1. The highest BCUT2D eigenvalue weighted by Crippen LogP contribution is 2.10. The minimum absolute atomic E-state index is 0.766. The maximum Gasteiger partial charge on any atom is 0.194 e. The zero-order valence-corrected chi connectivity index (χ0v) is 17.8. The average Bonchev–Trinajstić information content (AvgIpc) is 3.37. The lowest BCUT2D eigenvalue weighted by Crippen LogP contribution is -2.52. The van der Waals surface area contributed by atoms with E-state index in [0.717, 1.165) is 87.5 Å². The Morgan fingerprint density at radius 2 is 2.07 bits per heavy atom. The Balaban J connectivity index is 1.27. The van der Waals surface area contributed by atoms with Crippen LogP contribution in [0.3, 0.4) is 0 Å². The topological polar surface area (TPSA) is 87.1 Å². The van der Waals surface area contributed by atoms with E-state index in [9.17, 15) is 0 Å². The molecule has 30 heavy (non-hydrogen) atoms. The van der Waals surface area contributed by atoms with Crippen LogP contribution in [0.1, 0.15) is 30.6 Å². The van der Waals surface area contributed by atoms with Crippen LogP contribution in [0.15, 0.2) is 40.0 Å². The number of guanidine groups is 1. The van der Waals surface area contributed by atoms with Crippen LogP contribution in [0.5, 0.6) is 0 Å². The summed E-state index contributed by atoms with van der Waals surface area (Å²) in [6.07, 6.45) is 3.81. The molecule has 0 unspecified atom stereocenters. The molecule has 0 spiro atoms. The third-order valence-electron chi connectivity index (χ3n) is 5.27. The van der Waals surface area contributed by atoms with Crippen molar-refractivity contribution in [3.8, 4) is 0 Å². The molecule has 1 fully saturated rings. The number of fused-ring (bicyclic) bond motifs is 1. The van der Waals surface area contributed by atoms with Gasteiger partial charge in [0.15, 0.2) is 11.6 Å². The van der Waals surface area contributed by atoms with E-state index in [1.165, 1.54) is 0 Å². The summed E-state index contributed by atoms with van der Waals surface area (Å²) < 4.78 is 7.22. The lowest BCUT2D eigenvalue weighted by molar-refractivity contribution is 0.169. The Bertz CT molecular complexity index is 970. The molecule has 0 aromatic carbocycles. The summed E-state index contributed by atoms with van der Waals surface area (Å²) in [5.41, 5.74) is 1.89. The van der Waals surface area contributed by atoms with Gasteiger partial charge in [0.05, 0.1) is 5.69 Å². The van der Waals surface area contributed by atoms with Gasteiger partial charge in [-0.3, -0.25) is 14.3 Å². The quantitative estimate of drug-likeness (QED) is 0.361. The lowest BCUT2D eigenvalue weighted by atomic mass is 10.3. The summed E-state index contributed by atoms with van der Waals surface area (Å²) in [5, 5.41) is 16.1. The molecule has 1 saturated heterocycles. The van der Waals surface area contributed by atoms with Crippen LogP contribution in [0, 0.1) is 6.92 Å². The molecule has 0 atom stereocenters. The first-order valence-corrected chi connectivity index (χ1v) is 10.7. The first-order chi connectivity index (χ1) is 14.7. The number of pyridine rings is 1. The number of rotatable bonds is 7. The summed E-state index contributed by atoms with van der Waals surface area (Å²) in [6.45, 7) is 10.4. The smallest absolute Gasteiger partial charge is 0.194 e. The van der Waals surface area contributed by atoms with Crippen molar-refractivity contribution in [2.75, 3.05) is 39.3 Å². The molecule has 4 rings (SSSR count). The van der Waals surface area contributed by atoms with Crippen LogP contribution < -0.4 is 5.32 Å². The first kappa shape index (κ1) is 20.3. The Morgan fingerprint density at radius 3 is 2.83 bits per heavy atom. The van der Waals surface area contributed by atoms with Gasteiger partial charge in [-0.25, -0.2) is 0 Å². The Labute approximate surface area is 176 Å². The fourth-order valence-corrected chi connectivity index (χ4v) is 3.75. The molecule has 9 heteroatoms. The fraction of sp³-hybridized carbons (Fsp3) is 0.524. The van der Waals surface area contributed by atoms with Crippen LogP contribution in [-0.4, -0.2) is 74.8 Å². The van der Waals surface area contributed by atoms with Gasteiger partial charge in [-0.05, 0) is 32.4 Å². The van der Waals surface area contributed by atoms with Crippen molar-refractivity contribution in [3.63, 3.8) is 0 Å². The molecule has 0 aliphatic carbocycles. The molecule has 9 nitrogen and oxygen atoms in total. The zero-order valence-electron chi connectivity index (χ0n) is 17.8. The summed E-state index contributed by atoms with van der Waals surface area (Å²) in [6, 6.07) is 7.97. The highest BCUT2D eigenvalue weighted by molar-refractivity contribution is 5.80. The summed E-state index contributed by atoms with van der Waals surface area (Å²) in [5.74, 6) is 2.85. The van der Waals surface area contributed by atoms with Crippen LogP contribution in [0.4, 0.5) is 0 Å². The molecule has 4 heterocycles. The highest BCUT2D eigenvalue weighted by Gasteiger charge is 2.20. The maximum absolute atomic E-state index is 5.18. The molecule has 1 N–H and O–H groups in total.